The molecule has 2 aromatic carbocycles. The first-order valence-electron chi connectivity index (χ1n) is 6.55. The van der Waals surface area contributed by atoms with Crippen LogP contribution in [0.1, 0.15) is 5.89 Å². The van der Waals surface area contributed by atoms with E-state index in [0.717, 1.165) is 0 Å². The van der Waals surface area contributed by atoms with Crippen LogP contribution in [0, 0.1) is 6.92 Å². The van der Waals surface area contributed by atoms with Gasteiger partial charge in [0.15, 0.2) is 0 Å². The third-order valence-electron chi connectivity index (χ3n) is 2.95. The molecule has 0 fully saturated rings. The van der Waals surface area contributed by atoms with E-state index in [4.69, 9.17) is 8.71 Å². The average Bonchev–Trinajstić information content (AvgIpc) is 2.94. The van der Waals surface area contributed by atoms with Gasteiger partial charge >= 0.3 is 10.1 Å². The van der Waals surface area contributed by atoms with Crippen molar-refractivity contribution < 1.29 is 17.1 Å². The summed E-state index contributed by atoms with van der Waals surface area (Å²) in [5.74, 6) is 1.09. The second-order valence-electron chi connectivity index (χ2n) is 4.63. The van der Waals surface area contributed by atoms with Crippen molar-refractivity contribution in [2.75, 3.05) is 0 Å². The van der Waals surface area contributed by atoms with Gasteiger partial charge in [-0.15, -0.1) is 0 Å². The van der Waals surface area contributed by atoms with Crippen LogP contribution < -0.4 is 4.18 Å². The van der Waals surface area contributed by atoms with Crippen LogP contribution in [-0.2, 0) is 10.1 Å². The van der Waals surface area contributed by atoms with Gasteiger partial charge in [0.25, 0.3) is 0 Å². The summed E-state index contributed by atoms with van der Waals surface area (Å²) >= 11 is 3.20. The smallest absolute Gasteiger partial charge is 0.340 e. The van der Waals surface area contributed by atoms with E-state index in [1.54, 1.807) is 37.3 Å². The zero-order valence-corrected chi connectivity index (χ0v) is 14.3. The zero-order valence-electron chi connectivity index (χ0n) is 11.9. The van der Waals surface area contributed by atoms with Gasteiger partial charge in [0.05, 0.1) is 0 Å². The maximum atomic E-state index is 12.3. The van der Waals surface area contributed by atoms with Crippen LogP contribution in [-0.4, -0.2) is 18.6 Å². The molecule has 3 aromatic rings. The summed E-state index contributed by atoms with van der Waals surface area (Å²) in [6, 6.07) is 12.9. The maximum Gasteiger partial charge on any atom is 0.340 e. The third-order valence-corrected chi connectivity index (χ3v) is 5.21. The molecule has 0 radical (unpaired) electrons. The molecule has 0 spiro atoms. The van der Waals surface area contributed by atoms with E-state index in [-0.39, 0.29) is 10.6 Å². The number of aromatic nitrogens is 2. The van der Waals surface area contributed by atoms with Crippen LogP contribution >= 0.6 is 15.9 Å². The Labute approximate surface area is 141 Å². The van der Waals surface area contributed by atoms with Crippen LogP contribution in [0.5, 0.6) is 5.75 Å². The van der Waals surface area contributed by atoms with Crippen LogP contribution in [0.25, 0.3) is 11.4 Å². The summed E-state index contributed by atoms with van der Waals surface area (Å²) in [7, 11) is -3.91. The van der Waals surface area contributed by atoms with Crippen LogP contribution in [0.15, 0.2) is 62.4 Å². The molecule has 0 N–H and O–H groups in total. The van der Waals surface area contributed by atoms with E-state index in [0.29, 0.717) is 21.8 Å². The minimum absolute atomic E-state index is 0.0675. The zero-order chi connectivity index (χ0) is 16.4. The number of nitrogens with zero attached hydrogens (tertiary/aromatic N) is 2. The summed E-state index contributed by atoms with van der Waals surface area (Å²) in [5.41, 5.74) is 0.701. The number of rotatable bonds is 4. The number of benzene rings is 2. The topological polar surface area (TPSA) is 82.3 Å². The van der Waals surface area contributed by atoms with Gasteiger partial charge in [-0.2, -0.15) is 13.4 Å². The van der Waals surface area contributed by atoms with Gasteiger partial charge in [-0.3, -0.25) is 0 Å². The SMILES string of the molecule is Cc1nc(-c2ccc(OS(=O)(=O)c3ccccc3Br)cc2)no1. The molecule has 0 amide bonds. The number of halogens is 1. The molecule has 0 atom stereocenters. The van der Waals surface area contributed by atoms with E-state index in [1.807, 2.05) is 0 Å². The van der Waals surface area contributed by atoms with Crippen molar-refractivity contribution in [3.63, 3.8) is 0 Å². The lowest BCUT2D eigenvalue weighted by Gasteiger charge is -2.08. The Morgan fingerprint density at radius 1 is 1.09 bits per heavy atom. The Morgan fingerprint density at radius 2 is 1.78 bits per heavy atom. The molecule has 0 aliphatic heterocycles. The molecule has 1 heterocycles. The first-order chi connectivity index (χ1) is 11.0. The summed E-state index contributed by atoms with van der Waals surface area (Å²) in [6.45, 7) is 1.69. The predicted octanol–water partition coefficient (Wildman–Crippen LogP) is 3.58. The second kappa shape index (κ2) is 6.13. The van der Waals surface area contributed by atoms with Gasteiger partial charge < -0.3 is 8.71 Å². The van der Waals surface area contributed by atoms with E-state index < -0.39 is 10.1 Å². The summed E-state index contributed by atoms with van der Waals surface area (Å²) in [5, 5.41) is 3.80. The fourth-order valence-electron chi connectivity index (χ4n) is 1.90. The standard InChI is InChI=1S/C15H11BrN2O4S/c1-10-17-15(18-21-10)11-6-8-12(9-7-11)22-23(19,20)14-5-3-2-4-13(14)16/h2-9H,1H3. The molecule has 0 saturated heterocycles. The highest BCUT2D eigenvalue weighted by atomic mass is 79.9. The lowest BCUT2D eigenvalue weighted by molar-refractivity contribution is 0.394. The normalized spacial score (nSPS) is 11.4. The fourth-order valence-corrected chi connectivity index (χ4v) is 3.78. The van der Waals surface area contributed by atoms with Crippen molar-refractivity contribution >= 4 is 26.0 Å². The molecule has 3 rings (SSSR count). The van der Waals surface area contributed by atoms with Gasteiger partial charge in [-0.05, 0) is 52.3 Å². The van der Waals surface area contributed by atoms with E-state index >= 15 is 0 Å². The van der Waals surface area contributed by atoms with Gasteiger partial charge in [0, 0.05) is 17.0 Å². The van der Waals surface area contributed by atoms with Gasteiger partial charge in [0.1, 0.15) is 10.6 Å². The molecule has 0 aliphatic carbocycles. The number of aryl methyl sites for hydroxylation is 1. The molecule has 8 heteroatoms. The maximum absolute atomic E-state index is 12.3. The quantitative estimate of drug-likeness (QED) is 0.628. The molecular weight excluding hydrogens is 384 g/mol. The molecule has 0 unspecified atom stereocenters. The number of hydrogen-bond acceptors (Lipinski definition) is 6. The van der Waals surface area contributed by atoms with Crippen molar-refractivity contribution in [1.82, 2.24) is 10.1 Å². The molecule has 0 saturated carbocycles. The Balaban J connectivity index is 1.85. The van der Waals surface area contributed by atoms with Crippen molar-refractivity contribution in [2.45, 2.75) is 11.8 Å². The minimum Gasteiger partial charge on any atom is -0.379 e. The summed E-state index contributed by atoms with van der Waals surface area (Å²) in [4.78, 5) is 4.17. The largest absolute Gasteiger partial charge is 0.379 e. The average molecular weight is 395 g/mol. The monoisotopic (exact) mass is 394 g/mol. The Hall–Kier alpha value is -2.19. The lowest BCUT2D eigenvalue weighted by Crippen LogP contribution is -2.10. The Bertz CT molecular complexity index is 936. The third kappa shape index (κ3) is 3.43. The Kier molecular flexibility index (Phi) is 4.18. The van der Waals surface area contributed by atoms with E-state index in [1.165, 1.54) is 18.2 Å². The summed E-state index contributed by atoms with van der Waals surface area (Å²) < 4.78 is 35.1. The first kappa shape index (κ1) is 15.7. The van der Waals surface area contributed by atoms with Gasteiger partial charge in [-0.1, -0.05) is 17.3 Å². The predicted molar refractivity (Wildman–Crippen MR) is 86.4 cm³/mol. The summed E-state index contributed by atoms with van der Waals surface area (Å²) in [6.07, 6.45) is 0. The molecule has 1 aromatic heterocycles. The highest BCUT2D eigenvalue weighted by Crippen LogP contribution is 2.26. The highest BCUT2D eigenvalue weighted by Gasteiger charge is 2.19. The molecule has 0 bridgehead atoms. The molecule has 0 aliphatic rings. The van der Waals surface area contributed by atoms with Crippen LogP contribution in [0.4, 0.5) is 0 Å². The van der Waals surface area contributed by atoms with Crippen LogP contribution in [0.2, 0.25) is 0 Å². The lowest BCUT2D eigenvalue weighted by atomic mass is 10.2. The minimum atomic E-state index is -3.91. The van der Waals surface area contributed by atoms with Gasteiger partial charge in [-0.25, -0.2) is 0 Å². The molecule has 23 heavy (non-hydrogen) atoms. The van der Waals surface area contributed by atoms with E-state index in [2.05, 4.69) is 26.1 Å². The first-order valence-corrected chi connectivity index (χ1v) is 8.75. The van der Waals surface area contributed by atoms with E-state index in [9.17, 15) is 8.42 Å². The fraction of sp³-hybridized carbons (Fsp3) is 0.0667. The Morgan fingerprint density at radius 3 is 2.39 bits per heavy atom. The van der Waals surface area contributed by atoms with Crippen molar-refractivity contribution in [2.24, 2.45) is 0 Å². The van der Waals surface area contributed by atoms with Crippen LogP contribution in [0.3, 0.4) is 0 Å². The second-order valence-corrected chi connectivity index (χ2v) is 7.00. The molecular formula is C15H11BrN2O4S. The van der Waals surface area contributed by atoms with Crippen molar-refractivity contribution in [3.8, 4) is 17.1 Å². The molecule has 118 valence electrons. The van der Waals surface area contributed by atoms with Crippen molar-refractivity contribution in [3.05, 3.63) is 58.9 Å². The molecule has 6 nitrogen and oxygen atoms in total. The highest BCUT2D eigenvalue weighted by molar-refractivity contribution is 9.10. The van der Waals surface area contributed by atoms with Gasteiger partial charge in [0.2, 0.25) is 11.7 Å². The number of hydrogen-bond donors (Lipinski definition) is 0. The van der Waals surface area contributed by atoms with Crippen molar-refractivity contribution in [1.29, 1.82) is 0 Å².